The molecular formula is C33H22N2. The Kier molecular flexibility index (Phi) is 4.49. The summed E-state index contributed by atoms with van der Waals surface area (Å²) in [5, 5.41) is 4.89. The van der Waals surface area contributed by atoms with E-state index in [-0.39, 0.29) is 0 Å². The molecule has 164 valence electrons. The number of para-hydroxylation sites is 2. The van der Waals surface area contributed by atoms with E-state index in [1.165, 1.54) is 32.7 Å². The summed E-state index contributed by atoms with van der Waals surface area (Å²) in [6.45, 7) is 0. The van der Waals surface area contributed by atoms with Crippen LogP contribution in [0.2, 0.25) is 0 Å². The van der Waals surface area contributed by atoms with Crippen molar-refractivity contribution in [2.45, 2.75) is 0 Å². The number of hydrogen-bond acceptors (Lipinski definition) is 1. The molecule has 0 aliphatic heterocycles. The van der Waals surface area contributed by atoms with E-state index >= 15 is 0 Å². The first kappa shape index (κ1) is 19.7. The maximum absolute atomic E-state index is 5.12. The number of imidazole rings is 1. The first-order valence-electron chi connectivity index (χ1n) is 11.9. The lowest BCUT2D eigenvalue weighted by Crippen LogP contribution is -1.99. The van der Waals surface area contributed by atoms with E-state index in [0.717, 1.165) is 28.1 Å². The van der Waals surface area contributed by atoms with E-state index in [4.69, 9.17) is 4.98 Å². The lowest BCUT2D eigenvalue weighted by atomic mass is 9.97. The van der Waals surface area contributed by atoms with Crippen LogP contribution < -0.4 is 0 Å². The first-order valence-corrected chi connectivity index (χ1v) is 11.9. The maximum atomic E-state index is 5.12. The minimum Gasteiger partial charge on any atom is -0.292 e. The molecule has 6 aromatic carbocycles. The standard InChI is InChI=1S/C33H22N2/c1-2-11-24(12-3-1)27-20-21-31(29-15-7-6-14-28(27)29)35-32-17-9-8-16-30(32)34-33(35)26-19-18-23-10-4-5-13-25(23)22-26/h1-22H. The average Bonchev–Trinajstić information content (AvgIpc) is 3.32. The second-order valence-electron chi connectivity index (χ2n) is 8.87. The smallest absolute Gasteiger partial charge is 0.145 e. The van der Waals surface area contributed by atoms with Crippen LogP contribution >= 0.6 is 0 Å². The molecule has 0 unspecified atom stereocenters. The molecule has 0 saturated carbocycles. The third-order valence-electron chi connectivity index (χ3n) is 6.80. The van der Waals surface area contributed by atoms with Crippen LogP contribution in [0.25, 0.3) is 60.8 Å². The third kappa shape index (κ3) is 3.23. The molecular weight excluding hydrogens is 424 g/mol. The molecule has 0 radical (unpaired) electrons. The number of aromatic nitrogens is 2. The van der Waals surface area contributed by atoms with Gasteiger partial charge in [0.1, 0.15) is 5.82 Å². The van der Waals surface area contributed by atoms with E-state index in [0.29, 0.717) is 0 Å². The zero-order valence-electron chi connectivity index (χ0n) is 19.1. The Bertz CT molecular complexity index is 1840. The van der Waals surface area contributed by atoms with Gasteiger partial charge in [-0.25, -0.2) is 4.98 Å². The van der Waals surface area contributed by atoms with Crippen LogP contribution in [0.3, 0.4) is 0 Å². The van der Waals surface area contributed by atoms with Gasteiger partial charge in [0, 0.05) is 10.9 Å². The monoisotopic (exact) mass is 446 g/mol. The first-order chi connectivity index (χ1) is 17.4. The molecule has 0 bridgehead atoms. The van der Waals surface area contributed by atoms with Crippen LogP contribution in [0, 0.1) is 0 Å². The Morgan fingerprint density at radius 2 is 1.20 bits per heavy atom. The van der Waals surface area contributed by atoms with Crippen molar-refractivity contribution in [3.63, 3.8) is 0 Å². The molecule has 0 spiro atoms. The van der Waals surface area contributed by atoms with Gasteiger partial charge < -0.3 is 0 Å². The largest absolute Gasteiger partial charge is 0.292 e. The van der Waals surface area contributed by atoms with Crippen molar-refractivity contribution in [1.29, 1.82) is 0 Å². The minimum absolute atomic E-state index is 0.953. The lowest BCUT2D eigenvalue weighted by Gasteiger charge is -2.16. The molecule has 1 aromatic heterocycles. The zero-order valence-corrected chi connectivity index (χ0v) is 19.1. The molecule has 7 rings (SSSR count). The average molecular weight is 447 g/mol. The van der Waals surface area contributed by atoms with Crippen molar-refractivity contribution < 1.29 is 0 Å². The van der Waals surface area contributed by atoms with Crippen LogP contribution in [-0.4, -0.2) is 9.55 Å². The highest BCUT2D eigenvalue weighted by Crippen LogP contribution is 2.37. The van der Waals surface area contributed by atoms with Crippen molar-refractivity contribution in [2.24, 2.45) is 0 Å². The summed E-state index contributed by atoms with van der Waals surface area (Å²) in [5.74, 6) is 0.953. The summed E-state index contributed by atoms with van der Waals surface area (Å²) in [4.78, 5) is 5.12. The van der Waals surface area contributed by atoms with Gasteiger partial charge in [-0.3, -0.25) is 4.57 Å². The van der Waals surface area contributed by atoms with Gasteiger partial charge >= 0.3 is 0 Å². The van der Waals surface area contributed by atoms with Crippen molar-refractivity contribution in [1.82, 2.24) is 9.55 Å². The highest BCUT2D eigenvalue weighted by Gasteiger charge is 2.17. The molecule has 0 N–H and O–H groups in total. The molecule has 0 aliphatic rings. The second-order valence-corrected chi connectivity index (χ2v) is 8.87. The topological polar surface area (TPSA) is 17.8 Å². The summed E-state index contributed by atoms with van der Waals surface area (Å²) < 4.78 is 2.32. The highest BCUT2D eigenvalue weighted by atomic mass is 15.1. The normalized spacial score (nSPS) is 11.4. The molecule has 0 fully saturated rings. The highest BCUT2D eigenvalue weighted by molar-refractivity contribution is 6.03. The van der Waals surface area contributed by atoms with Crippen LogP contribution in [0.4, 0.5) is 0 Å². The van der Waals surface area contributed by atoms with Gasteiger partial charge in [-0.1, -0.05) is 109 Å². The quantitative estimate of drug-likeness (QED) is 0.265. The van der Waals surface area contributed by atoms with Crippen molar-refractivity contribution in [2.75, 3.05) is 0 Å². The summed E-state index contributed by atoms with van der Waals surface area (Å²) in [7, 11) is 0. The zero-order chi connectivity index (χ0) is 23.2. The van der Waals surface area contributed by atoms with Gasteiger partial charge in [0.2, 0.25) is 0 Å². The maximum Gasteiger partial charge on any atom is 0.145 e. The molecule has 35 heavy (non-hydrogen) atoms. The Morgan fingerprint density at radius 3 is 2.09 bits per heavy atom. The Hall–Kier alpha value is -4.69. The fraction of sp³-hybridized carbons (Fsp3) is 0. The second kappa shape index (κ2) is 7.96. The lowest BCUT2D eigenvalue weighted by molar-refractivity contribution is 1.12. The van der Waals surface area contributed by atoms with Crippen LogP contribution in [0.1, 0.15) is 0 Å². The summed E-state index contributed by atoms with van der Waals surface area (Å²) in [5.41, 5.74) is 6.80. The van der Waals surface area contributed by atoms with E-state index in [1.54, 1.807) is 0 Å². The fourth-order valence-electron chi connectivity index (χ4n) is 5.14. The van der Waals surface area contributed by atoms with Gasteiger partial charge in [0.15, 0.2) is 0 Å². The number of hydrogen-bond donors (Lipinski definition) is 0. The van der Waals surface area contributed by atoms with Gasteiger partial charge in [0.25, 0.3) is 0 Å². The Labute approximate surface area is 203 Å². The van der Waals surface area contributed by atoms with Crippen molar-refractivity contribution in [3.05, 3.63) is 133 Å². The predicted octanol–water partition coefficient (Wildman–Crippen LogP) is 8.67. The van der Waals surface area contributed by atoms with E-state index in [2.05, 4.69) is 138 Å². The van der Waals surface area contributed by atoms with Gasteiger partial charge in [-0.2, -0.15) is 0 Å². The summed E-state index contributed by atoms with van der Waals surface area (Å²) in [6.07, 6.45) is 0. The predicted molar refractivity (Wildman–Crippen MR) is 147 cm³/mol. The molecule has 2 nitrogen and oxygen atoms in total. The van der Waals surface area contributed by atoms with Crippen LogP contribution in [-0.2, 0) is 0 Å². The van der Waals surface area contributed by atoms with Crippen molar-refractivity contribution >= 4 is 32.6 Å². The van der Waals surface area contributed by atoms with Gasteiger partial charge in [-0.15, -0.1) is 0 Å². The molecule has 7 aromatic rings. The van der Waals surface area contributed by atoms with E-state index < -0.39 is 0 Å². The number of fused-ring (bicyclic) bond motifs is 3. The number of nitrogens with zero attached hydrogens (tertiary/aromatic N) is 2. The molecule has 0 saturated heterocycles. The molecule has 1 heterocycles. The van der Waals surface area contributed by atoms with Crippen LogP contribution in [0.5, 0.6) is 0 Å². The van der Waals surface area contributed by atoms with Crippen LogP contribution in [0.15, 0.2) is 133 Å². The Balaban J connectivity index is 1.54. The van der Waals surface area contributed by atoms with Gasteiger partial charge in [0.05, 0.1) is 16.7 Å². The number of benzene rings is 6. The fourth-order valence-corrected chi connectivity index (χ4v) is 5.14. The molecule has 0 amide bonds. The van der Waals surface area contributed by atoms with E-state index in [1.807, 2.05) is 0 Å². The number of rotatable bonds is 3. The summed E-state index contributed by atoms with van der Waals surface area (Å²) in [6, 6.07) is 47.3. The Morgan fingerprint density at radius 1 is 0.486 bits per heavy atom. The van der Waals surface area contributed by atoms with Crippen molar-refractivity contribution in [3.8, 4) is 28.2 Å². The summed E-state index contributed by atoms with van der Waals surface area (Å²) >= 11 is 0. The molecule has 2 heteroatoms. The molecule has 0 atom stereocenters. The minimum atomic E-state index is 0.953. The molecule has 0 aliphatic carbocycles. The third-order valence-corrected chi connectivity index (χ3v) is 6.80. The van der Waals surface area contributed by atoms with Gasteiger partial charge in [-0.05, 0) is 51.6 Å². The van der Waals surface area contributed by atoms with E-state index in [9.17, 15) is 0 Å². The SMILES string of the molecule is c1ccc(-c2ccc(-n3c(-c4ccc5ccccc5c4)nc4ccccc43)c3ccccc23)cc1.